The molecule has 0 bridgehead atoms. The van der Waals surface area contributed by atoms with Crippen LogP contribution in [0.1, 0.15) is 19.4 Å². The second-order valence-electron chi connectivity index (χ2n) is 3.96. The highest BCUT2D eigenvalue weighted by atomic mass is 16.5. The minimum Gasteiger partial charge on any atom is -0.495 e. The predicted octanol–water partition coefficient (Wildman–Crippen LogP) is 1.94. The number of carbonyl (C=O) groups is 1. The number of nitrogens with one attached hydrogen (secondary N) is 2. The molecule has 1 aromatic carbocycles. The Bertz CT molecular complexity index is 391. The van der Waals surface area contributed by atoms with Crippen LogP contribution in [0.5, 0.6) is 5.75 Å². The van der Waals surface area contributed by atoms with Crippen LogP contribution in [0.15, 0.2) is 18.2 Å². The normalized spacial score (nSPS) is 11.8. The van der Waals surface area contributed by atoms with Gasteiger partial charge in [0.05, 0.1) is 12.8 Å². The fraction of sp³-hybridized carbons (Fsp3) is 0.462. The summed E-state index contributed by atoms with van der Waals surface area (Å²) in [7, 11) is 1.62. The number of amides is 1. The number of anilines is 1. The van der Waals surface area contributed by atoms with Gasteiger partial charge in [-0.3, -0.25) is 4.79 Å². The maximum absolute atomic E-state index is 11.6. The quantitative estimate of drug-likeness (QED) is 0.821. The molecule has 2 N–H and O–H groups in total. The van der Waals surface area contributed by atoms with Crippen LogP contribution in [0, 0.1) is 6.92 Å². The number of methoxy groups -OCH3 is 1. The van der Waals surface area contributed by atoms with Gasteiger partial charge in [-0.05, 0) is 38.5 Å². The maximum Gasteiger partial charge on any atom is 0.242 e. The molecule has 0 heterocycles. The summed E-state index contributed by atoms with van der Waals surface area (Å²) in [6, 6.07) is 5.54. The van der Waals surface area contributed by atoms with Crippen LogP contribution in [0.3, 0.4) is 0 Å². The fourth-order valence-electron chi connectivity index (χ4n) is 1.56. The number of hydrogen-bond donors (Lipinski definition) is 2. The van der Waals surface area contributed by atoms with Gasteiger partial charge in [-0.1, -0.05) is 6.07 Å². The molecule has 4 heteroatoms. The van der Waals surface area contributed by atoms with Gasteiger partial charge in [-0.25, -0.2) is 0 Å². The molecule has 0 aromatic heterocycles. The number of likely N-dealkylation sites (N-methyl/N-ethyl adjacent to an activating group) is 1. The Morgan fingerprint density at radius 2 is 2.18 bits per heavy atom. The number of rotatable bonds is 5. The molecular formula is C13H20N2O2. The Labute approximate surface area is 102 Å². The van der Waals surface area contributed by atoms with Crippen LogP contribution in [0.4, 0.5) is 5.69 Å². The van der Waals surface area contributed by atoms with E-state index in [1.807, 2.05) is 39.0 Å². The molecule has 0 aliphatic heterocycles. The Morgan fingerprint density at radius 3 is 2.76 bits per heavy atom. The van der Waals surface area contributed by atoms with Crippen molar-refractivity contribution in [1.29, 1.82) is 0 Å². The van der Waals surface area contributed by atoms with Gasteiger partial charge in [-0.15, -0.1) is 0 Å². The van der Waals surface area contributed by atoms with Crippen molar-refractivity contribution in [2.45, 2.75) is 26.8 Å². The van der Waals surface area contributed by atoms with E-state index in [1.54, 1.807) is 7.11 Å². The zero-order valence-corrected chi connectivity index (χ0v) is 10.8. The van der Waals surface area contributed by atoms with E-state index in [-0.39, 0.29) is 11.9 Å². The van der Waals surface area contributed by atoms with Crippen LogP contribution in [0.2, 0.25) is 0 Å². The first-order valence-corrected chi connectivity index (χ1v) is 5.77. The first-order chi connectivity index (χ1) is 8.08. The van der Waals surface area contributed by atoms with Crippen molar-refractivity contribution in [2.75, 3.05) is 19.0 Å². The van der Waals surface area contributed by atoms with Crippen molar-refractivity contribution in [3.05, 3.63) is 23.8 Å². The summed E-state index contributed by atoms with van der Waals surface area (Å²) in [4.78, 5) is 11.6. The van der Waals surface area contributed by atoms with Gasteiger partial charge in [-0.2, -0.15) is 0 Å². The molecule has 0 radical (unpaired) electrons. The lowest BCUT2D eigenvalue weighted by atomic mass is 10.2. The molecule has 0 saturated carbocycles. The minimum atomic E-state index is -0.286. The van der Waals surface area contributed by atoms with E-state index in [2.05, 4.69) is 10.6 Å². The van der Waals surface area contributed by atoms with Gasteiger partial charge >= 0.3 is 0 Å². The molecule has 17 heavy (non-hydrogen) atoms. The summed E-state index contributed by atoms with van der Waals surface area (Å²) in [6.07, 6.45) is 0. The van der Waals surface area contributed by atoms with Crippen molar-refractivity contribution in [3.63, 3.8) is 0 Å². The summed E-state index contributed by atoms with van der Waals surface area (Å²) in [6.45, 7) is 6.36. The Hall–Kier alpha value is -1.71. The van der Waals surface area contributed by atoms with E-state index >= 15 is 0 Å². The van der Waals surface area contributed by atoms with Crippen LogP contribution in [-0.4, -0.2) is 25.6 Å². The number of aryl methyl sites for hydroxylation is 1. The van der Waals surface area contributed by atoms with Gasteiger partial charge in [0.1, 0.15) is 11.8 Å². The second kappa shape index (κ2) is 6.13. The van der Waals surface area contributed by atoms with Crippen molar-refractivity contribution in [3.8, 4) is 5.75 Å². The van der Waals surface area contributed by atoms with Gasteiger partial charge in [0.15, 0.2) is 0 Å². The average Bonchev–Trinajstić information content (AvgIpc) is 2.29. The van der Waals surface area contributed by atoms with Gasteiger partial charge in [0.2, 0.25) is 5.91 Å². The Morgan fingerprint density at radius 1 is 1.47 bits per heavy atom. The highest BCUT2D eigenvalue weighted by molar-refractivity contribution is 5.84. The summed E-state index contributed by atoms with van der Waals surface area (Å²) < 4.78 is 5.25. The van der Waals surface area contributed by atoms with Crippen molar-refractivity contribution in [2.24, 2.45) is 0 Å². The average molecular weight is 236 g/mol. The lowest BCUT2D eigenvalue weighted by molar-refractivity contribution is -0.121. The van der Waals surface area contributed by atoms with E-state index in [0.29, 0.717) is 6.54 Å². The standard InChI is InChI=1S/C13H20N2O2/c1-5-14-13(16)10(3)15-11-8-9(2)6-7-12(11)17-4/h6-8,10,15H,5H2,1-4H3,(H,14,16). The largest absolute Gasteiger partial charge is 0.495 e. The summed E-state index contributed by atoms with van der Waals surface area (Å²) in [5.41, 5.74) is 1.96. The Kier molecular flexibility index (Phi) is 4.82. The van der Waals surface area contributed by atoms with Crippen LogP contribution < -0.4 is 15.4 Å². The molecule has 1 atom stereocenters. The number of benzene rings is 1. The first-order valence-electron chi connectivity index (χ1n) is 5.77. The molecule has 1 rings (SSSR count). The van der Waals surface area contributed by atoms with E-state index in [0.717, 1.165) is 17.0 Å². The van der Waals surface area contributed by atoms with Gasteiger partial charge in [0.25, 0.3) is 0 Å². The Balaban J connectivity index is 2.79. The molecule has 0 saturated heterocycles. The van der Waals surface area contributed by atoms with E-state index < -0.39 is 0 Å². The molecular weight excluding hydrogens is 216 g/mol. The predicted molar refractivity (Wildman–Crippen MR) is 69.5 cm³/mol. The third kappa shape index (κ3) is 3.66. The van der Waals surface area contributed by atoms with Gasteiger partial charge in [0, 0.05) is 6.54 Å². The maximum atomic E-state index is 11.6. The molecule has 4 nitrogen and oxygen atoms in total. The first kappa shape index (κ1) is 13.4. The number of ether oxygens (including phenoxy) is 1. The zero-order valence-electron chi connectivity index (χ0n) is 10.8. The molecule has 0 aliphatic rings. The zero-order chi connectivity index (χ0) is 12.8. The summed E-state index contributed by atoms with van der Waals surface area (Å²) in [5, 5.41) is 5.93. The lowest BCUT2D eigenvalue weighted by Crippen LogP contribution is -2.37. The molecule has 0 fully saturated rings. The molecule has 0 spiro atoms. The van der Waals surface area contributed by atoms with E-state index in [9.17, 15) is 4.79 Å². The number of carbonyl (C=O) groups excluding carboxylic acids is 1. The third-order valence-electron chi connectivity index (χ3n) is 2.47. The van der Waals surface area contributed by atoms with Crippen LogP contribution >= 0.6 is 0 Å². The smallest absolute Gasteiger partial charge is 0.242 e. The van der Waals surface area contributed by atoms with Crippen LogP contribution in [-0.2, 0) is 4.79 Å². The summed E-state index contributed by atoms with van der Waals surface area (Å²) >= 11 is 0. The molecule has 1 amide bonds. The second-order valence-corrected chi connectivity index (χ2v) is 3.96. The van der Waals surface area contributed by atoms with E-state index in [4.69, 9.17) is 4.74 Å². The van der Waals surface area contributed by atoms with Crippen molar-refractivity contribution < 1.29 is 9.53 Å². The SMILES string of the molecule is CCNC(=O)C(C)Nc1cc(C)ccc1OC. The fourth-order valence-corrected chi connectivity index (χ4v) is 1.56. The highest BCUT2D eigenvalue weighted by Crippen LogP contribution is 2.25. The lowest BCUT2D eigenvalue weighted by Gasteiger charge is -2.17. The van der Waals surface area contributed by atoms with Gasteiger partial charge < -0.3 is 15.4 Å². The van der Waals surface area contributed by atoms with Crippen molar-refractivity contribution in [1.82, 2.24) is 5.32 Å². The monoisotopic (exact) mass is 236 g/mol. The topological polar surface area (TPSA) is 50.4 Å². The molecule has 94 valence electrons. The number of hydrogen-bond acceptors (Lipinski definition) is 3. The minimum absolute atomic E-state index is 0.0175. The van der Waals surface area contributed by atoms with Crippen LogP contribution in [0.25, 0.3) is 0 Å². The summed E-state index contributed by atoms with van der Waals surface area (Å²) in [5.74, 6) is 0.725. The highest BCUT2D eigenvalue weighted by Gasteiger charge is 2.13. The third-order valence-corrected chi connectivity index (χ3v) is 2.47. The van der Waals surface area contributed by atoms with Crippen molar-refractivity contribution >= 4 is 11.6 Å². The molecule has 1 unspecified atom stereocenters. The van der Waals surface area contributed by atoms with E-state index in [1.165, 1.54) is 0 Å². The molecule has 1 aromatic rings. The molecule has 0 aliphatic carbocycles.